The number of amides is 1. The summed E-state index contributed by atoms with van der Waals surface area (Å²) in [4.78, 5) is 29.0. The number of hydrogen-bond acceptors (Lipinski definition) is 4. The number of carbonyl (C=O) groups is 2. The lowest BCUT2D eigenvalue weighted by atomic mass is 9.34. The zero-order chi connectivity index (χ0) is 16.8. The third kappa shape index (κ3) is 2.34. The van der Waals surface area contributed by atoms with Gasteiger partial charge in [-0.3, -0.25) is 14.5 Å². The fourth-order valence-electron chi connectivity index (χ4n) is 4.73. The molecular weight excluding hydrogens is 304 g/mol. The van der Waals surface area contributed by atoms with Crippen LogP contribution in [0.3, 0.4) is 0 Å². The van der Waals surface area contributed by atoms with Crippen LogP contribution in [0.1, 0.15) is 24.8 Å². The number of esters is 1. The summed E-state index contributed by atoms with van der Waals surface area (Å²) in [5, 5.41) is 0. The van der Waals surface area contributed by atoms with Crippen molar-refractivity contribution in [3.8, 4) is 0 Å². The first-order valence-corrected chi connectivity index (χ1v) is 8.71. The average molecular weight is 328 g/mol. The van der Waals surface area contributed by atoms with Crippen LogP contribution in [-0.2, 0) is 20.9 Å². The van der Waals surface area contributed by atoms with Gasteiger partial charge in [-0.15, -0.1) is 0 Å². The molecule has 4 aliphatic rings. The predicted octanol–water partition coefficient (Wildman–Crippen LogP) is 1.67. The van der Waals surface area contributed by atoms with Gasteiger partial charge in [0.15, 0.2) is 0 Å². The Kier molecular flexibility index (Phi) is 3.64. The van der Waals surface area contributed by atoms with Crippen LogP contribution in [-0.4, -0.2) is 55.0 Å². The molecule has 0 atom stereocenters. The Balaban J connectivity index is 1.28. The first-order chi connectivity index (χ1) is 11.6. The van der Waals surface area contributed by atoms with Gasteiger partial charge in [0.25, 0.3) is 0 Å². The van der Waals surface area contributed by atoms with Crippen LogP contribution in [0.25, 0.3) is 0 Å². The first-order valence-electron chi connectivity index (χ1n) is 8.71. The van der Waals surface area contributed by atoms with Gasteiger partial charge in [-0.25, -0.2) is 0 Å². The monoisotopic (exact) mass is 328 g/mol. The van der Waals surface area contributed by atoms with E-state index in [1.54, 1.807) is 0 Å². The molecular formula is C19H24N2O3. The highest BCUT2D eigenvalue weighted by Crippen LogP contribution is 2.74. The highest BCUT2D eigenvalue weighted by Gasteiger charge is 2.76. The molecule has 0 spiro atoms. The maximum absolute atomic E-state index is 12.8. The van der Waals surface area contributed by atoms with Gasteiger partial charge in [-0.1, -0.05) is 30.3 Å². The quantitative estimate of drug-likeness (QED) is 0.789. The van der Waals surface area contributed by atoms with E-state index in [0.717, 1.165) is 32.7 Å². The molecule has 3 saturated carbocycles. The van der Waals surface area contributed by atoms with E-state index < -0.39 is 0 Å². The molecule has 1 amide bonds. The minimum atomic E-state index is -0.334. The molecule has 0 radical (unpaired) electrons. The molecule has 24 heavy (non-hydrogen) atoms. The van der Waals surface area contributed by atoms with Crippen molar-refractivity contribution >= 4 is 11.9 Å². The molecule has 0 unspecified atom stereocenters. The number of methoxy groups -OCH3 is 1. The van der Waals surface area contributed by atoms with Crippen molar-refractivity contribution < 1.29 is 14.3 Å². The number of nitrogens with zero attached hydrogens (tertiary/aromatic N) is 2. The van der Waals surface area contributed by atoms with Crippen molar-refractivity contribution in [2.45, 2.75) is 25.8 Å². The Morgan fingerprint density at radius 3 is 2.21 bits per heavy atom. The van der Waals surface area contributed by atoms with E-state index in [-0.39, 0.29) is 22.7 Å². The predicted molar refractivity (Wildman–Crippen MR) is 89.0 cm³/mol. The molecule has 4 fully saturated rings. The lowest BCUT2D eigenvalue weighted by Gasteiger charge is -2.67. The molecule has 0 N–H and O–H groups in total. The molecule has 1 aliphatic heterocycles. The normalized spacial score (nSPS) is 31.8. The van der Waals surface area contributed by atoms with E-state index in [9.17, 15) is 9.59 Å². The van der Waals surface area contributed by atoms with Crippen molar-refractivity contribution in [2.75, 3.05) is 33.3 Å². The fourth-order valence-corrected chi connectivity index (χ4v) is 4.73. The lowest BCUT2D eigenvalue weighted by Crippen LogP contribution is -2.71. The average Bonchev–Trinajstić information content (AvgIpc) is 2.53. The maximum atomic E-state index is 12.8. The van der Waals surface area contributed by atoms with Crippen molar-refractivity contribution in [3.63, 3.8) is 0 Å². The summed E-state index contributed by atoms with van der Waals surface area (Å²) < 4.78 is 4.87. The topological polar surface area (TPSA) is 49.9 Å². The van der Waals surface area contributed by atoms with Gasteiger partial charge in [0, 0.05) is 32.7 Å². The minimum absolute atomic E-state index is 0.134. The molecule has 3 aliphatic carbocycles. The van der Waals surface area contributed by atoms with Crippen molar-refractivity contribution in [3.05, 3.63) is 35.9 Å². The largest absolute Gasteiger partial charge is 0.469 e. The molecule has 1 aromatic rings. The molecule has 5 nitrogen and oxygen atoms in total. The number of carbonyl (C=O) groups excluding carboxylic acids is 2. The van der Waals surface area contributed by atoms with Crippen LogP contribution in [0.5, 0.6) is 0 Å². The van der Waals surface area contributed by atoms with E-state index >= 15 is 0 Å². The molecule has 2 bridgehead atoms. The van der Waals surface area contributed by atoms with E-state index in [0.29, 0.717) is 19.3 Å². The molecule has 1 saturated heterocycles. The lowest BCUT2D eigenvalue weighted by molar-refractivity contribution is -0.228. The van der Waals surface area contributed by atoms with Crippen LogP contribution in [0, 0.1) is 10.8 Å². The second-order valence-electron chi connectivity index (χ2n) is 7.64. The van der Waals surface area contributed by atoms with Gasteiger partial charge < -0.3 is 9.64 Å². The molecule has 1 aromatic carbocycles. The number of benzene rings is 1. The second-order valence-corrected chi connectivity index (χ2v) is 7.64. The van der Waals surface area contributed by atoms with Gasteiger partial charge in [0.2, 0.25) is 5.91 Å². The van der Waals surface area contributed by atoms with Crippen LogP contribution in [0.4, 0.5) is 0 Å². The van der Waals surface area contributed by atoms with E-state index in [1.165, 1.54) is 12.7 Å². The standard InChI is InChI=1S/C19H24N2O3/c1-24-17(23)19-12-18(13-19,14-19)16(22)21-9-7-20(8-10-21)11-15-5-3-2-4-6-15/h2-6H,7-14H2,1H3. The molecule has 0 aromatic heterocycles. The van der Waals surface area contributed by atoms with Gasteiger partial charge in [-0.2, -0.15) is 0 Å². The number of ether oxygens (including phenoxy) is 1. The van der Waals surface area contributed by atoms with Crippen LogP contribution in [0.15, 0.2) is 30.3 Å². The third-order valence-electron chi connectivity index (χ3n) is 6.01. The highest BCUT2D eigenvalue weighted by molar-refractivity contribution is 5.93. The summed E-state index contributed by atoms with van der Waals surface area (Å²) in [6, 6.07) is 10.5. The molecule has 1 heterocycles. The van der Waals surface area contributed by atoms with Crippen LogP contribution in [0.2, 0.25) is 0 Å². The van der Waals surface area contributed by atoms with Crippen molar-refractivity contribution in [1.82, 2.24) is 9.80 Å². The maximum Gasteiger partial charge on any atom is 0.311 e. The van der Waals surface area contributed by atoms with Crippen molar-refractivity contribution in [1.29, 1.82) is 0 Å². The Morgan fingerprint density at radius 2 is 1.62 bits per heavy atom. The Morgan fingerprint density at radius 1 is 1.00 bits per heavy atom. The van der Waals surface area contributed by atoms with E-state index in [2.05, 4.69) is 29.2 Å². The molecule has 5 rings (SSSR count). The highest BCUT2D eigenvalue weighted by atomic mass is 16.5. The van der Waals surface area contributed by atoms with Gasteiger partial charge in [-0.05, 0) is 24.8 Å². The van der Waals surface area contributed by atoms with Crippen LogP contribution >= 0.6 is 0 Å². The minimum Gasteiger partial charge on any atom is -0.469 e. The molecule has 5 heteroatoms. The number of piperazine rings is 1. The zero-order valence-electron chi connectivity index (χ0n) is 14.2. The van der Waals surface area contributed by atoms with Gasteiger partial charge in [0.1, 0.15) is 0 Å². The molecule has 128 valence electrons. The SMILES string of the molecule is COC(=O)C12CC(C(=O)N3CCN(Cc4ccccc4)CC3)(C1)C2. The number of rotatable bonds is 4. The zero-order valence-corrected chi connectivity index (χ0v) is 14.2. The Labute approximate surface area is 142 Å². The third-order valence-corrected chi connectivity index (χ3v) is 6.01. The van der Waals surface area contributed by atoms with Crippen molar-refractivity contribution in [2.24, 2.45) is 10.8 Å². The smallest absolute Gasteiger partial charge is 0.311 e. The summed E-state index contributed by atoms with van der Waals surface area (Å²) >= 11 is 0. The van der Waals surface area contributed by atoms with E-state index in [1.807, 2.05) is 11.0 Å². The second kappa shape index (κ2) is 5.59. The fraction of sp³-hybridized carbons (Fsp3) is 0.579. The van der Waals surface area contributed by atoms with Crippen LogP contribution < -0.4 is 0 Å². The summed E-state index contributed by atoms with van der Waals surface area (Å²) in [6.07, 6.45) is 2.07. The van der Waals surface area contributed by atoms with Gasteiger partial charge in [0.05, 0.1) is 17.9 Å². The summed E-state index contributed by atoms with van der Waals surface area (Å²) in [5.74, 6) is 0.123. The number of hydrogen-bond donors (Lipinski definition) is 0. The Bertz CT molecular complexity index is 630. The Hall–Kier alpha value is -1.88. The first kappa shape index (κ1) is 15.6. The summed E-state index contributed by atoms with van der Waals surface area (Å²) in [7, 11) is 1.43. The summed E-state index contributed by atoms with van der Waals surface area (Å²) in [5.41, 5.74) is 0.728. The van der Waals surface area contributed by atoms with Gasteiger partial charge >= 0.3 is 5.97 Å². The van der Waals surface area contributed by atoms with E-state index in [4.69, 9.17) is 4.74 Å². The summed E-state index contributed by atoms with van der Waals surface area (Å²) in [6.45, 7) is 4.36.